The monoisotopic (exact) mass is 434 g/mol. The number of nitrogens with one attached hydrogen (secondary N) is 2. The van der Waals surface area contributed by atoms with Gasteiger partial charge in [0.25, 0.3) is 0 Å². The molecule has 174 valence electrons. The molecule has 0 aliphatic heterocycles. The van der Waals surface area contributed by atoms with E-state index in [0.717, 1.165) is 31.4 Å². The summed E-state index contributed by atoms with van der Waals surface area (Å²) < 4.78 is 4.29. The van der Waals surface area contributed by atoms with Gasteiger partial charge in [-0.25, -0.2) is 10.3 Å². The minimum atomic E-state index is -1.12. The van der Waals surface area contributed by atoms with Gasteiger partial charge >= 0.3 is 12.1 Å². The van der Waals surface area contributed by atoms with Crippen LogP contribution in [0.25, 0.3) is 0 Å². The van der Waals surface area contributed by atoms with Crippen molar-refractivity contribution in [3.8, 4) is 0 Å². The van der Waals surface area contributed by atoms with Crippen LogP contribution in [0.3, 0.4) is 0 Å². The van der Waals surface area contributed by atoms with Crippen LogP contribution in [0.2, 0.25) is 0 Å². The number of rotatable bonds is 18. The Morgan fingerprint density at radius 3 is 1.74 bits per heavy atom. The van der Waals surface area contributed by atoms with Crippen LogP contribution >= 0.6 is 0 Å². The van der Waals surface area contributed by atoms with Crippen molar-refractivity contribution in [2.75, 3.05) is 11.9 Å². The molecule has 0 fully saturated rings. The smallest absolute Gasteiger partial charge is 0.385 e. The van der Waals surface area contributed by atoms with Crippen LogP contribution in [-0.4, -0.2) is 30.1 Å². The van der Waals surface area contributed by atoms with Crippen LogP contribution in [0.5, 0.6) is 0 Å². The average Bonchev–Trinajstić information content (AvgIpc) is 2.79. The number of amides is 1. The van der Waals surface area contributed by atoms with Crippen LogP contribution in [-0.2, 0) is 9.53 Å². The predicted molar refractivity (Wildman–Crippen MR) is 121 cm³/mol. The van der Waals surface area contributed by atoms with Crippen LogP contribution in [0.4, 0.5) is 10.5 Å². The number of carbonyl (C=O) groups is 3. The van der Waals surface area contributed by atoms with E-state index in [9.17, 15) is 14.4 Å². The molecule has 0 heterocycles. The second-order valence-corrected chi connectivity index (χ2v) is 7.89. The summed E-state index contributed by atoms with van der Waals surface area (Å²) in [7, 11) is 0. The van der Waals surface area contributed by atoms with Gasteiger partial charge in [0.2, 0.25) is 0 Å². The zero-order valence-corrected chi connectivity index (χ0v) is 18.6. The third-order valence-corrected chi connectivity index (χ3v) is 5.23. The van der Waals surface area contributed by atoms with Gasteiger partial charge < -0.3 is 10.1 Å². The molecular weight excluding hydrogens is 396 g/mol. The predicted octanol–water partition coefficient (Wildman–Crippen LogP) is 6.01. The summed E-state index contributed by atoms with van der Waals surface area (Å²) in [4.78, 5) is 32.5. The van der Waals surface area contributed by atoms with Gasteiger partial charge in [-0.15, -0.1) is 0 Å². The Balaban J connectivity index is 1.78. The van der Waals surface area contributed by atoms with Crippen molar-refractivity contribution in [1.82, 2.24) is 5.48 Å². The summed E-state index contributed by atoms with van der Waals surface area (Å²) >= 11 is 0. The van der Waals surface area contributed by atoms with Crippen LogP contribution in [0, 0.1) is 0 Å². The molecule has 0 unspecified atom stereocenters. The molecule has 0 aliphatic rings. The fourth-order valence-electron chi connectivity index (χ4n) is 3.43. The Kier molecular flexibility index (Phi) is 15.8. The van der Waals surface area contributed by atoms with E-state index >= 15 is 0 Å². The molecule has 0 bridgehead atoms. The number of hydrogen-bond donors (Lipinski definition) is 3. The first-order valence-electron chi connectivity index (χ1n) is 11.6. The molecule has 1 aromatic rings. The summed E-state index contributed by atoms with van der Waals surface area (Å²) in [6.07, 6.45) is 15.3. The lowest BCUT2D eigenvalue weighted by atomic mass is 10.0. The molecule has 1 rings (SSSR count). The zero-order valence-electron chi connectivity index (χ0n) is 18.6. The second kappa shape index (κ2) is 18.4. The lowest BCUT2D eigenvalue weighted by Gasteiger charge is -2.06. The van der Waals surface area contributed by atoms with E-state index in [4.69, 9.17) is 5.21 Å². The first-order valence-corrected chi connectivity index (χ1v) is 11.6. The van der Waals surface area contributed by atoms with E-state index < -0.39 is 12.1 Å². The van der Waals surface area contributed by atoms with Gasteiger partial charge in [0, 0.05) is 24.2 Å². The molecule has 0 aliphatic carbocycles. The molecule has 0 atom stereocenters. The number of hydrogen-bond acceptors (Lipinski definition) is 6. The standard InChI is InChI=1S/C24H38N2O5/c27-20-21-15-17-22(18-16-21)25-19-13-11-9-7-5-3-1-2-4-6-8-10-12-14-23(28)31-24(29)26-30/h15-18,20,25,30H,1-14,19H2,(H,26,29). The average molecular weight is 435 g/mol. The molecule has 31 heavy (non-hydrogen) atoms. The number of esters is 1. The quantitative estimate of drug-likeness (QED) is 0.0652. The van der Waals surface area contributed by atoms with E-state index in [-0.39, 0.29) is 6.42 Å². The topological polar surface area (TPSA) is 105 Å². The summed E-state index contributed by atoms with van der Waals surface area (Å²) in [6, 6.07) is 7.55. The van der Waals surface area contributed by atoms with Gasteiger partial charge in [0.15, 0.2) is 0 Å². The van der Waals surface area contributed by atoms with Crippen molar-refractivity contribution in [3.63, 3.8) is 0 Å². The van der Waals surface area contributed by atoms with E-state index in [1.54, 1.807) is 0 Å². The molecule has 1 amide bonds. The molecule has 0 aromatic heterocycles. The van der Waals surface area contributed by atoms with E-state index in [2.05, 4.69) is 10.1 Å². The molecule has 7 nitrogen and oxygen atoms in total. The molecule has 3 N–H and O–H groups in total. The second-order valence-electron chi connectivity index (χ2n) is 7.89. The highest BCUT2D eigenvalue weighted by atomic mass is 16.6. The largest absolute Gasteiger partial charge is 0.438 e. The molecule has 1 aromatic carbocycles. The van der Waals surface area contributed by atoms with Gasteiger partial charge in [0.05, 0.1) is 0 Å². The lowest BCUT2D eigenvalue weighted by Crippen LogP contribution is -2.23. The number of benzene rings is 1. The fourth-order valence-corrected chi connectivity index (χ4v) is 3.43. The molecule has 0 saturated heterocycles. The number of carbonyl (C=O) groups excluding carboxylic acids is 3. The number of anilines is 1. The van der Waals surface area contributed by atoms with Gasteiger partial charge in [-0.05, 0) is 37.1 Å². The molecule has 0 spiro atoms. The number of hydroxylamine groups is 1. The van der Waals surface area contributed by atoms with E-state index in [1.807, 2.05) is 24.3 Å². The molecule has 0 radical (unpaired) electrons. The highest BCUT2D eigenvalue weighted by Gasteiger charge is 2.08. The van der Waals surface area contributed by atoms with Crippen molar-refractivity contribution in [1.29, 1.82) is 0 Å². The van der Waals surface area contributed by atoms with Gasteiger partial charge in [0.1, 0.15) is 6.29 Å². The molecular formula is C24H38N2O5. The van der Waals surface area contributed by atoms with E-state index in [0.29, 0.717) is 12.0 Å². The van der Waals surface area contributed by atoms with Crippen molar-refractivity contribution < 1.29 is 24.3 Å². The van der Waals surface area contributed by atoms with Crippen molar-refractivity contribution in [2.45, 2.75) is 89.9 Å². The van der Waals surface area contributed by atoms with Crippen LogP contribution in [0.1, 0.15) is 100 Å². The first kappa shape index (κ1) is 26.6. The third-order valence-electron chi connectivity index (χ3n) is 5.23. The van der Waals surface area contributed by atoms with Crippen LogP contribution < -0.4 is 10.8 Å². The van der Waals surface area contributed by atoms with Gasteiger partial charge in [-0.1, -0.05) is 70.6 Å². The zero-order chi connectivity index (χ0) is 22.6. The van der Waals surface area contributed by atoms with E-state index in [1.165, 1.54) is 69.7 Å². The summed E-state index contributed by atoms with van der Waals surface area (Å²) in [5, 5.41) is 11.6. The SMILES string of the molecule is O=Cc1ccc(NCCCCCCCCCCCCCCCC(=O)OC(=O)NO)cc1. The lowest BCUT2D eigenvalue weighted by molar-refractivity contribution is -0.138. The van der Waals surface area contributed by atoms with Crippen LogP contribution in [0.15, 0.2) is 24.3 Å². The normalized spacial score (nSPS) is 10.5. The molecule has 0 saturated carbocycles. The summed E-state index contributed by atoms with van der Waals surface area (Å²) in [5.41, 5.74) is 3.04. The fraction of sp³-hybridized carbons (Fsp3) is 0.625. The molecule has 7 heteroatoms. The van der Waals surface area contributed by atoms with Crippen molar-refractivity contribution in [2.24, 2.45) is 0 Å². The van der Waals surface area contributed by atoms with Crippen molar-refractivity contribution >= 4 is 24.0 Å². The highest BCUT2D eigenvalue weighted by molar-refractivity contribution is 5.83. The maximum absolute atomic E-state index is 11.2. The first-order chi connectivity index (χ1) is 15.2. The van der Waals surface area contributed by atoms with Gasteiger partial charge in [-0.3, -0.25) is 14.8 Å². The Morgan fingerprint density at radius 2 is 1.26 bits per heavy atom. The minimum absolute atomic E-state index is 0.206. The Morgan fingerprint density at radius 1 is 0.774 bits per heavy atom. The number of unbranched alkanes of at least 4 members (excludes halogenated alkanes) is 12. The summed E-state index contributed by atoms with van der Waals surface area (Å²) in [5.74, 6) is -0.604. The highest BCUT2D eigenvalue weighted by Crippen LogP contribution is 2.14. The Bertz CT molecular complexity index is 619. The minimum Gasteiger partial charge on any atom is -0.385 e. The van der Waals surface area contributed by atoms with Crippen molar-refractivity contribution in [3.05, 3.63) is 29.8 Å². The maximum Gasteiger partial charge on any atom is 0.438 e. The summed E-state index contributed by atoms with van der Waals surface area (Å²) in [6.45, 7) is 0.972. The van der Waals surface area contributed by atoms with Gasteiger partial charge in [-0.2, -0.15) is 0 Å². The number of aldehydes is 1. The maximum atomic E-state index is 11.2. The third kappa shape index (κ3) is 15.1. The Hall–Kier alpha value is -2.41. The Labute approximate surface area is 185 Å². The number of ether oxygens (including phenoxy) is 1.